The van der Waals surface area contributed by atoms with Gasteiger partial charge >= 0.3 is 5.69 Å². The lowest BCUT2D eigenvalue weighted by Crippen LogP contribution is -2.38. The third-order valence-corrected chi connectivity index (χ3v) is 8.13. The van der Waals surface area contributed by atoms with Crippen molar-refractivity contribution in [1.82, 2.24) is 18.7 Å². The first-order valence-corrected chi connectivity index (χ1v) is 11.5. The molecule has 1 aliphatic carbocycles. The van der Waals surface area contributed by atoms with Crippen molar-refractivity contribution in [3.05, 3.63) is 45.1 Å². The molecule has 7 nitrogen and oxygen atoms in total. The van der Waals surface area contributed by atoms with E-state index in [1.54, 1.807) is 41.4 Å². The number of halogens is 1. The quantitative estimate of drug-likeness (QED) is 0.738. The largest absolute Gasteiger partial charge is 0.345 e. The van der Waals surface area contributed by atoms with Gasteiger partial charge in [-0.3, -0.25) is 4.57 Å². The summed E-state index contributed by atoms with van der Waals surface area (Å²) in [6.45, 7) is 2.94. The van der Waals surface area contributed by atoms with Gasteiger partial charge in [-0.25, -0.2) is 17.9 Å². The Morgan fingerprint density at radius 3 is 2.68 bits per heavy atom. The Morgan fingerprint density at radius 1 is 1.25 bits per heavy atom. The summed E-state index contributed by atoms with van der Waals surface area (Å²) < 4.78 is 31.0. The zero-order valence-electron chi connectivity index (χ0n) is 16.1. The lowest BCUT2D eigenvalue weighted by atomic mass is 10.1. The molecule has 1 atom stereocenters. The lowest BCUT2D eigenvalue weighted by Gasteiger charge is -2.27. The van der Waals surface area contributed by atoms with Crippen LogP contribution in [0.1, 0.15) is 37.1 Å². The molecule has 0 saturated heterocycles. The Balaban J connectivity index is 1.53. The van der Waals surface area contributed by atoms with E-state index in [0.717, 1.165) is 5.82 Å². The third kappa shape index (κ3) is 3.65. The Kier molecular flexibility index (Phi) is 5.14. The topological polar surface area (TPSA) is 77.2 Å². The van der Waals surface area contributed by atoms with Crippen LogP contribution in [0, 0.1) is 12.8 Å². The molecule has 1 aliphatic heterocycles. The summed E-state index contributed by atoms with van der Waals surface area (Å²) in [6.07, 6.45) is 4.16. The normalized spacial score (nSPS) is 20.2. The number of sulfonamides is 1. The van der Waals surface area contributed by atoms with Crippen LogP contribution < -0.4 is 5.69 Å². The van der Waals surface area contributed by atoms with E-state index in [-0.39, 0.29) is 16.6 Å². The molecule has 1 fully saturated rings. The van der Waals surface area contributed by atoms with Gasteiger partial charge in [0.05, 0.1) is 4.90 Å². The van der Waals surface area contributed by atoms with Crippen molar-refractivity contribution >= 4 is 21.6 Å². The molecule has 0 spiro atoms. The summed E-state index contributed by atoms with van der Waals surface area (Å²) >= 11 is 5.97. The van der Waals surface area contributed by atoms with Crippen LogP contribution in [-0.2, 0) is 29.5 Å². The Bertz CT molecular complexity index is 1060. The molecule has 1 aromatic heterocycles. The molecule has 1 saturated carbocycles. The van der Waals surface area contributed by atoms with Gasteiger partial charge in [-0.05, 0) is 62.3 Å². The average Bonchev–Trinajstić information content (AvgIpc) is 3.43. The summed E-state index contributed by atoms with van der Waals surface area (Å²) in [6, 6.07) is 4.63. The second-order valence-corrected chi connectivity index (χ2v) is 10.3. The van der Waals surface area contributed by atoms with Crippen LogP contribution in [0.5, 0.6) is 0 Å². The summed E-state index contributed by atoms with van der Waals surface area (Å²) in [5, 5.41) is 5.03. The van der Waals surface area contributed by atoms with Gasteiger partial charge in [-0.2, -0.15) is 9.40 Å². The summed E-state index contributed by atoms with van der Waals surface area (Å²) in [4.78, 5) is 12.9. The number of aryl methyl sites for hydroxylation is 2. The van der Waals surface area contributed by atoms with Crippen molar-refractivity contribution in [3.8, 4) is 0 Å². The zero-order valence-corrected chi connectivity index (χ0v) is 17.7. The molecule has 28 heavy (non-hydrogen) atoms. The highest BCUT2D eigenvalue weighted by Crippen LogP contribution is 2.30. The third-order valence-electron chi connectivity index (χ3n) is 5.82. The van der Waals surface area contributed by atoms with Crippen LogP contribution in [0.15, 0.2) is 27.9 Å². The number of hydrogen-bond donors (Lipinski definition) is 0. The van der Waals surface area contributed by atoms with Gasteiger partial charge in [0, 0.05) is 37.6 Å². The lowest BCUT2D eigenvalue weighted by molar-refractivity contribution is 0.328. The van der Waals surface area contributed by atoms with Crippen molar-refractivity contribution < 1.29 is 8.42 Å². The van der Waals surface area contributed by atoms with Crippen molar-refractivity contribution in [2.45, 2.75) is 63.1 Å². The zero-order chi connectivity index (χ0) is 20.1. The molecule has 152 valence electrons. The van der Waals surface area contributed by atoms with Gasteiger partial charge in [0.15, 0.2) is 0 Å². The maximum Gasteiger partial charge on any atom is 0.345 e. The summed E-state index contributed by atoms with van der Waals surface area (Å²) in [5.41, 5.74) is 0.561. The minimum Gasteiger partial charge on any atom is -0.279 e. The molecule has 2 aliphatic rings. The predicted molar refractivity (Wildman–Crippen MR) is 107 cm³/mol. The molecule has 0 N–H and O–H groups in total. The predicted octanol–water partition coefficient (Wildman–Crippen LogP) is 2.44. The first-order valence-electron chi connectivity index (χ1n) is 9.68. The van der Waals surface area contributed by atoms with E-state index < -0.39 is 10.0 Å². The second-order valence-electron chi connectivity index (χ2n) is 7.89. The number of benzene rings is 1. The number of nitrogens with zero attached hydrogens (tertiary/aromatic N) is 4. The fraction of sp³-hybridized carbons (Fsp3) is 0.579. The highest BCUT2D eigenvalue weighted by Gasteiger charge is 2.32. The van der Waals surface area contributed by atoms with E-state index >= 15 is 0 Å². The molecule has 4 rings (SSSR count). The smallest absolute Gasteiger partial charge is 0.279 e. The van der Waals surface area contributed by atoms with Crippen molar-refractivity contribution in [2.24, 2.45) is 5.92 Å². The first kappa shape index (κ1) is 19.7. The molecule has 2 heterocycles. The fourth-order valence-corrected chi connectivity index (χ4v) is 5.74. The van der Waals surface area contributed by atoms with Gasteiger partial charge < -0.3 is 0 Å². The van der Waals surface area contributed by atoms with Crippen LogP contribution in [0.3, 0.4) is 0 Å². The molecule has 0 bridgehead atoms. The number of fused-ring (bicyclic) bond motifs is 1. The highest BCUT2D eigenvalue weighted by molar-refractivity contribution is 7.89. The number of rotatable bonds is 5. The van der Waals surface area contributed by atoms with Gasteiger partial charge in [-0.15, -0.1) is 0 Å². The van der Waals surface area contributed by atoms with Gasteiger partial charge in [-0.1, -0.05) is 11.6 Å². The Hall–Kier alpha value is -1.64. The molecule has 0 radical (unpaired) electrons. The maximum absolute atomic E-state index is 13.1. The van der Waals surface area contributed by atoms with Crippen molar-refractivity contribution in [3.63, 3.8) is 0 Å². The molecular formula is C19H25ClN4O3S. The summed E-state index contributed by atoms with van der Waals surface area (Å²) in [7, 11) is -2.02. The molecule has 1 unspecified atom stereocenters. The van der Waals surface area contributed by atoms with E-state index in [4.69, 9.17) is 11.6 Å². The Labute approximate surface area is 170 Å². The van der Waals surface area contributed by atoms with Crippen LogP contribution in [0.25, 0.3) is 0 Å². The summed E-state index contributed by atoms with van der Waals surface area (Å²) in [5.74, 6) is 1.35. The van der Waals surface area contributed by atoms with Crippen molar-refractivity contribution in [1.29, 1.82) is 0 Å². The Morgan fingerprint density at radius 2 is 2.00 bits per heavy atom. The molecule has 9 heteroatoms. The SMILES string of the molecule is Cc1cc(Cl)ccc1S(=O)(=O)N(C)C1CCc2nn(CC3CC3)c(=O)n2CC1. The van der Waals surface area contributed by atoms with Gasteiger partial charge in [0.1, 0.15) is 5.82 Å². The molecule has 1 aromatic carbocycles. The van der Waals surface area contributed by atoms with Crippen LogP contribution in [-0.4, -0.2) is 40.2 Å². The number of hydrogen-bond acceptors (Lipinski definition) is 4. The van der Waals surface area contributed by atoms with E-state index in [9.17, 15) is 13.2 Å². The average molecular weight is 425 g/mol. The van der Waals surface area contributed by atoms with Crippen molar-refractivity contribution in [2.75, 3.05) is 7.05 Å². The minimum absolute atomic E-state index is 0.0680. The van der Waals surface area contributed by atoms with Crippen LogP contribution in [0.2, 0.25) is 5.02 Å². The standard InChI is InChI=1S/C19H25ClN4O3S/c1-13-11-15(20)5-7-17(13)28(26,27)22(2)16-6-8-18-21-24(12-14-3-4-14)19(25)23(18)10-9-16/h5,7,11,14,16H,3-4,6,8-10,12H2,1-2H3. The van der Waals surface area contributed by atoms with E-state index in [1.165, 1.54) is 17.1 Å². The minimum atomic E-state index is -3.64. The number of aromatic nitrogens is 3. The van der Waals surface area contributed by atoms with Gasteiger partial charge in [0.25, 0.3) is 0 Å². The second kappa shape index (κ2) is 7.31. The van der Waals surface area contributed by atoms with Gasteiger partial charge in [0.2, 0.25) is 10.0 Å². The van der Waals surface area contributed by atoms with E-state index in [1.807, 2.05) is 0 Å². The molecule has 2 aromatic rings. The highest BCUT2D eigenvalue weighted by atomic mass is 35.5. The fourth-order valence-electron chi connectivity index (χ4n) is 3.89. The molecule has 0 amide bonds. The van der Waals surface area contributed by atoms with E-state index in [2.05, 4.69) is 5.10 Å². The molecular weight excluding hydrogens is 400 g/mol. The van der Waals surface area contributed by atoms with Crippen LogP contribution >= 0.6 is 11.6 Å². The van der Waals surface area contributed by atoms with E-state index in [0.29, 0.717) is 48.9 Å². The maximum atomic E-state index is 13.1. The monoisotopic (exact) mass is 424 g/mol. The van der Waals surface area contributed by atoms with Crippen LogP contribution in [0.4, 0.5) is 0 Å². The first-order chi connectivity index (χ1) is 13.3.